The highest BCUT2D eigenvalue weighted by molar-refractivity contribution is 7.11. The van der Waals surface area contributed by atoms with Crippen LogP contribution in [0.1, 0.15) is 26.0 Å². The van der Waals surface area contributed by atoms with Crippen molar-refractivity contribution in [3.05, 3.63) is 58.3 Å². The predicted molar refractivity (Wildman–Crippen MR) is 115 cm³/mol. The van der Waals surface area contributed by atoms with Crippen LogP contribution in [0.3, 0.4) is 0 Å². The number of thiazole rings is 1. The van der Waals surface area contributed by atoms with Crippen molar-refractivity contribution in [3.63, 3.8) is 0 Å². The number of rotatable bonds is 10. The van der Waals surface area contributed by atoms with Gasteiger partial charge in [-0.25, -0.2) is 9.97 Å². The minimum absolute atomic E-state index is 0.00738. The van der Waals surface area contributed by atoms with Crippen molar-refractivity contribution in [2.45, 2.75) is 33.0 Å². The van der Waals surface area contributed by atoms with Crippen LogP contribution >= 0.6 is 11.3 Å². The molecule has 0 aliphatic carbocycles. The van der Waals surface area contributed by atoms with E-state index in [0.29, 0.717) is 41.1 Å². The van der Waals surface area contributed by atoms with Gasteiger partial charge in [0.05, 0.1) is 28.0 Å². The molecule has 0 aliphatic heterocycles. The molecule has 10 nitrogen and oxygen atoms in total. The molecule has 166 valence electrons. The summed E-state index contributed by atoms with van der Waals surface area (Å²) in [6.07, 6.45) is 4.70. The molecule has 1 amide bonds. The Morgan fingerprint density at radius 3 is 2.97 bits per heavy atom. The second kappa shape index (κ2) is 9.60. The summed E-state index contributed by atoms with van der Waals surface area (Å²) in [6, 6.07) is 4.84. The molecule has 0 saturated carbocycles. The van der Waals surface area contributed by atoms with Crippen LogP contribution in [0.2, 0.25) is 0 Å². The Bertz CT molecular complexity index is 1220. The summed E-state index contributed by atoms with van der Waals surface area (Å²) >= 11 is 1.57. The van der Waals surface area contributed by atoms with Crippen molar-refractivity contribution >= 4 is 34.7 Å². The van der Waals surface area contributed by atoms with Gasteiger partial charge in [-0.05, 0) is 32.0 Å². The van der Waals surface area contributed by atoms with Gasteiger partial charge in [0.2, 0.25) is 0 Å². The Morgan fingerprint density at radius 2 is 2.25 bits per heavy atom. The maximum absolute atomic E-state index is 13.1. The van der Waals surface area contributed by atoms with E-state index >= 15 is 0 Å². The number of amides is 1. The van der Waals surface area contributed by atoms with Crippen molar-refractivity contribution in [2.24, 2.45) is 0 Å². The van der Waals surface area contributed by atoms with Gasteiger partial charge in [-0.2, -0.15) is 5.10 Å². The van der Waals surface area contributed by atoms with E-state index in [1.54, 1.807) is 47.3 Å². The maximum atomic E-state index is 13.1. The van der Waals surface area contributed by atoms with Gasteiger partial charge in [-0.3, -0.25) is 14.3 Å². The highest BCUT2D eigenvalue weighted by atomic mass is 32.1. The summed E-state index contributed by atoms with van der Waals surface area (Å²) in [4.78, 5) is 32.9. The number of fused-ring (bicyclic) bond motifs is 1. The SMILES string of the molecule is Cc1ncc(COc2ccc3oc(C)c(C(=O)NC(COC=O)Cn4cncn4)c3c2)s1. The molecule has 0 fully saturated rings. The number of aryl methyl sites for hydroxylation is 2. The first-order valence-electron chi connectivity index (χ1n) is 9.79. The number of hydrogen-bond donors (Lipinski definition) is 1. The summed E-state index contributed by atoms with van der Waals surface area (Å²) in [6.45, 7) is 4.68. The van der Waals surface area contributed by atoms with Gasteiger partial charge in [0.25, 0.3) is 12.4 Å². The average molecular weight is 455 g/mol. The molecule has 1 atom stereocenters. The number of nitrogens with zero attached hydrogens (tertiary/aromatic N) is 4. The van der Waals surface area contributed by atoms with Gasteiger partial charge >= 0.3 is 0 Å². The van der Waals surface area contributed by atoms with Crippen molar-refractivity contribution in [3.8, 4) is 5.75 Å². The molecule has 0 spiro atoms. The topological polar surface area (TPSA) is 121 Å². The highest BCUT2D eigenvalue weighted by Gasteiger charge is 2.22. The van der Waals surface area contributed by atoms with Crippen LogP contribution in [0.15, 0.2) is 41.5 Å². The highest BCUT2D eigenvalue weighted by Crippen LogP contribution is 2.30. The molecule has 3 aromatic heterocycles. The van der Waals surface area contributed by atoms with Crippen LogP contribution in [0.4, 0.5) is 0 Å². The normalized spacial score (nSPS) is 11.9. The van der Waals surface area contributed by atoms with Gasteiger partial charge in [0.1, 0.15) is 43.0 Å². The second-order valence-electron chi connectivity index (χ2n) is 7.04. The van der Waals surface area contributed by atoms with Crippen LogP contribution in [-0.4, -0.2) is 44.8 Å². The molecule has 4 aromatic rings. The maximum Gasteiger partial charge on any atom is 0.293 e. The first kappa shape index (κ1) is 21.5. The zero-order chi connectivity index (χ0) is 22.5. The Morgan fingerprint density at radius 1 is 1.38 bits per heavy atom. The largest absolute Gasteiger partial charge is 0.488 e. The van der Waals surface area contributed by atoms with E-state index in [-0.39, 0.29) is 19.1 Å². The fraction of sp³-hybridized carbons (Fsp3) is 0.286. The lowest BCUT2D eigenvalue weighted by molar-refractivity contribution is -0.129. The smallest absolute Gasteiger partial charge is 0.293 e. The number of furan rings is 1. The summed E-state index contributed by atoms with van der Waals surface area (Å²) in [5, 5.41) is 8.53. The Hall–Kier alpha value is -3.73. The van der Waals surface area contributed by atoms with Crippen molar-refractivity contribution < 1.29 is 23.5 Å². The third-order valence-electron chi connectivity index (χ3n) is 4.69. The van der Waals surface area contributed by atoms with Gasteiger partial charge in [0.15, 0.2) is 0 Å². The van der Waals surface area contributed by atoms with Crippen LogP contribution in [0.25, 0.3) is 11.0 Å². The molecule has 0 bridgehead atoms. The number of hydrogen-bond acceptors (Lipinski definition) is 9. The zero-order valence-corrected chi connectivity index (χ0v) is 18.3. The minimum atomic E-state index is -0.507. The van der Waals surface area contributed by atoms with E-state index in [2.05, 4.69) is 20.4 Å². The molecule has 11 heteroatoms. The summed E-state index contributed by atoms with van der Waals surface area (Å²) in [5.74, 6) is 0.737. The predicted octanol–water partition coefficient (Wildman–Crippen LogP) is 2.65. The molecule has 3 heterocycles. The van der Waals surface area contributed by atoms with Crippen LogP contribution in [0.5, 0.6) is 5.75 Å². The molecule has 32 heavy (non-hydrogen) atoms. The Balaban J connectivity index is 1.53. The van der Waals surface area contributed by atoms with Gasteiger partial charge in [0, 0.05) is 11.6 Å². The van der Waals surface area contributed by atoms with Gasteiger partial charge in [-0.1, -0.05) is 0 Å². The fourth-order valence-corrected chi connectivity index (χ4v) is 4.01. The summed E-state index contributed by atoms with van der Waals surface area (Å²) in [7, 11) is 0. The molecular weight excluding hydrogens is 434 g/mol. The van der Waals surface area contributed by atoms with Gasteiger partial charge in [-0.15, -0.1) is 11.3 Å². The van der Waals surface area contributed by atoms with Crippen molar-refractivity contribution in [2.75, 3.05) is 6.61 Å². The van der Waals surface area contributed by atoms with Crippen molar-refractivity contribution in [1.82, 2.24) is 25.1 Å². The van der Waals surface area contributed by atoms with Crippen molar-refractivity contribution in [1.29, 1.82) is 0 Å². The first-order chi connectivity index (χ1) is 15.5. The molecule has 0 saturated heterocycles. The number of benzene rings is 1. The monoisotopic (exact) mass is 455 g/mol. The van der Waals surface area contributed by atoms with E-state index in [9.17, 15) is 9.59 Å². The van der Waals surface area contributed by atoms with Crippen LogP contribution in [0, 0.1) is 13.8 Å². The first-order valence-corrected chi connectivity index (χ1v) is 10.6. The summed E-state index contributed by atoms with van der Waals surface area (Å²) < 4.78 is 18.1. The Kier molecular flexibility index (Phi) is 6.45. The van der Waals surface area contributed by atoms with Crippen LogP contribution in [-0.2, 0) is 22.7 Å². The van der Waals surface area contributed by atoms with Crippen LogP contribution < -0.4 is 10.1 Å². The number of ether oxygens (including phenoxy) is 2. The average Bonchev–Trinajstić information content (AvgIpc) is 3.50. The summed E-state index contributed by atoms with van der Waals surface area (Å²) in [5.41, 5.74) is 0.972. The number of carbonyl (C=O) groups excluding carboxylic acids is 2. The lowest BCUT2D eigenvalue weighted by Crippen LogP contribution is -2.41. The molecule has 1 aromatic carbocycles. The molecule has 0 aliphatic rings. The molecule has 0 radical (unpaired) electrons. The van der Waals surface area contributed by atoms with E-state index in [1.165, 1.54) is 12.7 Å². The standard InChI is InChI=1S/C21H21N5O5S/c1-13-20(21(28)25-15(8-29-12-27)7-26-11-22-10-24-26)18-5-16(3-4-19(18)31-13)30-9-17-6-23-14(2)32-17/h3-6,10-12,15H,7-9H2,1-2H3,(H,25,28). The molecular formula is C21H21N5O5S. The van der Waals surface area contributed by atoms with Gasteiger partial charge < -0.3 is 19.2 Å². The third kappa shape index (κ3) is 4.94. The zero-order valence-electron chi connectivity index (χ0n) is 17.5. The van der Waals surface area contributed by atoms with E-state index in [0.717, 1.165) is 9.88 Å². The lowest BCUT2D eigenvalue weighted by Gasteiger charge is -2.17. The third-order valence-corrected chi connectivity index (χ3v) is 5.57. The number of nitrogens with one attached hydrogen (secondary N) is 1. The molecule has 4 rings (SSSR count). The van der Waals surface area contributed by atoms with E-state index in [1.807, 2.05) is 6.92 Å². The quantitative estimate of drug-likeness (QED) is 0.362. The number of carbonyl (C=O) groups is 2. The molecule has 1 N–H and O–H groups in total. The second-order valence-corrected chi connectivity index (χ2v) is 8.36. The van der Waals surface area contributed by atoms with E-state index in [4.69, 9.17) is 13.9 Å². The number of aromatic nitrogens is 4. The fourth-order valence-electron chi connectivity index (χ4n) is 3.30. The Labute approximate surface area is 187 Å². The minimum Gasteiger partial charge on any atom is -0.488 e. The lowest BCUT2D eigenvalue weighted by atomic mass is 10.1. The molecule has 1 unspecified atom stereocenters. The van der Waals surface area contributed by atoms with E-state index < -0.39 is 6.04 Å².